The SMILES string of the molecule is CC1(C)OB(c2cn[nH]c2)OC1(C)C.Cn1nc(C(F)(F)C(F)(F)F)c(C(F)(F)F)c1-n1cc(B2OC(C)(C)C(C)(C)O2)cn1.Cn1nc(C(F)(F)C(F)(F)F)c(C(F)(F)F)c1F. The Labute approximate surface area is 345 Å². The molecule has 6 rings (SSSR count). The number of aromatic nitrogens is 8. The Balaban J connectivity index is 0.000000229. The average molecular weight is 940 g/mol. The van der Waals surface area contributed by atoms with Gasteiger partial charge in [-0.1, -0.05) is 0 Å². The molecule has 0 spiro atoms. The van der Waals surface area contributed by atoms with Crippen molar-refractivity contribution in [3.63, 3.8) is 0 Å². The van der Waals surface area contributed by atoms with Crippen molar-refractivity contribution in [2.24, 2.45) is 14.1 Å². The quantitative estimate of drug-likeness (QED) is 0.161. The summed E-state index contributed by atoms with van der Waals surface area (Å²) >= 11 is 0. The summed E-state index contributed by atoms with van der Waals surface area (Å²) in [6.45, 7) is 15.1. The molecule has 0 saturated carbocycles. The maximum atomic E-state index is 13.8. The summed E-state index contributed by atoms with van der Waals surface area (Å²) in [5.74, 6) is -15.2. The van der Waals surface area contributed by atoms with Crippen molar-refractivity contribution >= 4 is 25.2 Å². The second-order valence-electron chi connectivity index (χ2n) is 15.9. The summed E-state index contributed by atoms with van der Waals surface area (Å²) in [6.07, 6.45) is -18.3. The van der Waals surface area contributed by atoms with Crippen LogP contribution in [0.3, 0.4) is 0 Å². The van der Waals surface area contributed by atoms with Gasteiger partial charge in [0.2, 0.25) is 5.95 Å². The highest BCUT2D eigenvalue weighted by Crippen LogP contribution is 2.50. The zero-order chi connectivity index (χ0) is 48.7. The lowest BCUT2D eigenvalue weighted by Gasteiger charge is -2.32. The molecule has 2 saturated heterocycles. The minimum absolute atomic E-state index is 0.136. The Morgan fingerprint density at radius 2 is 0.937 bits per heavy atom. The summed E-state index contributed by atoms with van der Waals surface area (Å²) in [5.41, 5.74) is -11.2. The zero-order valence-corrected chi connectivity index (χ0v) is 34.2. The smallest absolute Gasteiger partial charge is 0.399 e. The molecule has 6 heterocycles. The first-order chi connectivity index (χ1) is 28.0. The van der Waals surface area contributed by atoms with Crippen LogP contribution in [0.5, 0.6) is 0 Å². The van der Waals surface area contributed by atoms with Crippen LogP contribution in [0.15, 0.2) is 24.8 Å². The number of nitrogens with zero attached hydrogens (tertiary/aromatic N) is 7. The van der Waals surface area contributed by atoms with Gasteiger partial charge in [-0.25, -0.2) is 14.0 Å². The van der Waals surface area contributed by atoms with Crippen LogP contribution in [0.2, 0.25) is 0 Å². The fourth-order valence-electron chi connectivity index (χ4n) is 5.42. The number of hydrogen-bond acceptors (Lipinski definition) is 8. The van der Waals surface area contributed by atoms with Crippen LogP contribution in [-0.2, 0) is 56.9 Å². The molecule has 0 aromatic carbocycles. The molecule has 1 N–H and O–H groups in total. The number of halogens is 17. The molecule has 31 heteroatoms. The third-order valence-corrected chi connectivity index (χ3v) is 10.3. The number of H-pyrrole nitrogens is 1. The molecule has 0 amide bonds. The molecule has 4 aromatic heterocycles. The Bertz CT molecular complexity index is 2210. The fraction of sp³-hybridized carbons (Fsp3) is 0.625. The summed E-state index contributed by atoms with van der Waals surface area (Å²) in [5, 5.41) is 15.4. The molecule has 0 bridgehead atoms. The normalized spacial score (nSPS) is 18.9. The van der Waals surface area contributed by atoms with E-state index in [2.05, 4.69) is 25.5 Å². The van der Waals surface area contributed by atoms with E-state index in [1.807, 2.05) is 27.7 Å². The monoisotopic (exact) mass is 940 g/mol. The van der Waals surface area contributed by atoms with Gasteiger partial charge < -0.3 is 18.6 Å². The van der Waals surface area contributed by atoms with Crippen molar-refractivity contribution in [1.29, 1.82) is 0 Å². The van der Waals surface area contributed by atoms with Crippen molar-refractivity contribution in [3.05, 3.63) is 53.2 Å². The van der Waals surface area contributed by atoms with Crippen LogP contribution < -0.4 is 10.9 Å². The maximum absolute atomic E-state index is 13.8. The van der Waals surface area contributed by atoms with Crippen molar-refractivity contribution in [2.75, 3.05) is 0 Å². The first-order valence-corrected chi connectivity index (χ1v) is 17.6. The summed E-state index contributed by atoms with van der Waals surface area (Å²) in [6, 6.07) is 0. The number of alkyl halides is 16. The van der Waals surface area contributed by atoms with Crippen LogP contribution in [0.4, 0.5) is 74.6 Å². The van der Waals surface area contributed by atoms with Crippen LogP contribution in [0, 0.1) is 5.95 Å². The van der Waals surface area contributed by atoms with E-state index in [-0.39, 0.29) is 33.1 Å². The molecule has 2 aliphatic rings. The van der Waals surface area contributed by atoms with Crippen LogP contribution in [-0.4, -0.2) is 88.5 Å². The van der Waals surface area contributed by atoms with Gasteiger partial charge in [-0.2, -0.15) is 95.0 Å². The Hall–Kier alpha value is -4.38. The Morgan fingerprint density at radius 3 is 1.30 bits per heavy atom. The molecule has 352 valence electrons. The number of aromatic amines is 1. The minimum atomic E-state index is -6.31. The molecule has 63 heavy (non-hydrogen) atoms. The fourth-order valence-corrected chi connectivity index (χ4v) is 5.42. The van der Waals surface area contributed by atoms with Gasteiger partial charge in [-0.15, -0.1) is 0 Å². The Kier molecular flexibility index (Phi) is 13.0. The zero-order valence-electron chi connectivity index (χ0n) is 34.2. The van der Waals surface area contributed by atoms with Gasteiger partial charge in [-0.3, -0.25) is 5.10 Å². The molecule has 0 atom stereocenters. The van der Waals surface area contributed by atoms with E-state index >= 15 is 0 Å². The highest BCUT2D eigenvalue weighted by atomic mass is 19.4. The number of aryl methyl sites for hydroxylation is 2. The standard InChI is InChI=1S/C16H17BF8N4O2.C9H15BN2O2.C7H3F9N2/c1-12(2)13(3,4)31-17(30-12)8-6-26-29(7-8)11-9(15(20,21)22)10(27-28(11)5)14(18,19)16(23,24)25;1-8(2)9(3,4)14-10(13-8)7-5-11-12-6-7;1-18-4(8)2(6(11,12)13)3(17-18)5(9,10)7(14,15)16/h6-7H,1-5H3;5-6H,1-4H3,(H,11,12);1H3. The van der Waals surface area contributed by atoms with Crippen LogP contribution in [0.1, 0.15) is 77.9 Å². The lowest BCUT2D eigenvalue weighted by molar-refractivity contribution is -0.292. The molecule has 4 aromatic rings. The highest BCUT2D eigenvalue weighted by molar-refractivity contribution is 6.62. The van der Waals surface area contributed by atoms with Crippen molar-refractivity contribution in [1.82, 2.24) is 39.5 Å². The van der Waals surface area contributed by atoms with E-state index in [4.69, 9.17) is 18.6 Å². The van der Waals surface area contributed by atoms with Gasteiger partial charge in [0.1, 0.15) is 11.1 Å². The molecular formula is C32H35B2F17N8O4. The summed E-state index contributed by atoms with van der Waals surface area (Å²) in [4.78, 5) is 0. The summed E-state index contributed by atoms with van der Waals surface area (Å²) in [7, 11) is -0.0758. The van der Waals surface area contributed by atoms with E-state index in [0.717, 1.165) is 24.9 Å². The van der Waals surface area contributed by atoms with Crippen LogP contribution >= 0.6 is 0 Å². The Morgan fingerprint density at radius 1 is 0.556 bits per heavy atom. The van der Waals surface area contributed by atoms with Gasteiger partial charge in [-0.05, 0) is 55.4 Å². The molecule has 0 unspecified atom stereocenters. The largest absolute Gasteiger partial charge is 0.498 e. The number of rotatable bonds is 5. The predicted octanol–water partition coefficient (Wildman–Crippen LogP) is 7.52. The second kappa shape index (κ2) is 15.9. The van der Waals surface area contributed by atoms with Gasteiger partial charge >= 0.3 is 50.8 Å². The van der Waals surface area contributed by atoms with E-state index < -0.39 is 89.2 Å². The predicted molar refractivity (Wildman–Crippen MR) is 183 cm³/mol. The van der Waals surface area contributed by atoms with Crippen molar-refractivity contribution in [2.45, 2.75) is 114 Å². The highest BCUT2D eigenvalue weighted by Gasteiger charge is 2.65. The van der Waals surface area contributed by atoms with Crippen molar-refractivity contribution in [3.8, 4) is 5.82 Å². The third kappa shape index (κ3) is 9.69. The second-order valence-corrected chi connectivity index (χ2v) is 15.9. The van der Waals surface area contributed by atoms with Crippen molar-refractivity contribution < 1.29 is 93.3 Å². The molecule has 2 fully saturated rings. The topological polar surface area (TPSA) is 119 Å². The number of nitrogens with one attached hydrogen (secondary N) is 1. The van der Waals surface area contributed by atoms with E-state index in [9.17, 15) is 74.6 Å². The minimum Gasteiger partial charge on any atom is -0.399 e. The molecule has 0 radical (unpaired) electrons. The summed E-state index contributed by atoms with van der Waals surface area (Å²) < 4.78 is 241. The van der Waals surface area contributed by atoms with E-state index in [1.165, 1.54) is 0 Å². The molecule has 2 aliphatic heterocycles. The number of hydrogen-bond donors (Lipinski definition) is 1. The van der Waals surface area contributed by atoms with E-state index in [1.54, 1.807) is 40.1 Å². The third-order valence-electron chi connectivity index (χ3n) is 10.3. The molecule has 0 aliphatic carbocycles. The lowest BCUT2D eigenvalue weighted by Crippen LogP contribution is -2.41. The molecular weight excluding hydrogens is 905 g/mol. The average Bonchev–Trinajstić information content (AvgIpc) is 3.92. The lowest BCUT2D eigenvalue weighted by atomic mass is 9.82. The van der Waals surface area contributed by atoms with Crippen LogP contribution in [0.25, 0.3) is 5.82 Å². The van der Waals surface area contributed by atoms with Gasteiger partial charge in [0.25, 0.3) is 0 Å². The van der Waals surface area contributed by atoms with Gasteiger partial charge in [0, 0.05) is 49.8 Å². The van der Waals surface area contributed by atoms with E-state index in [0.29, 0.717) is 11.7 Å². The van der Waals surface area contributed by atoms with Gasteiger partial charge in [0.05, 0.1) is 22.4 Å². The maximum Gasteiger partial charge on any atom is 0.498 e. The van der Waals surface area contributed by atoms with Gasteiger partial charge in [0.15, 0.2) is 17.2 Å². The first-order valence-electron chi connectivity index (χ1n) is 17.6. The molecule has 12 nitrogen and oxygen atoms in total. The first kappa shape index (κ1) is 51.3.